The van der Waals surface area contributed by atoms with Crippen molar-refractivity contribution in [3.63, 3.8) is 0 Å². The molecule has 2 aliphatic rings. The summed E-state index contributed by atoms with van der Waals surface area (Å²) in [4.78, 5) is 29.8. The Morgan fingerprint density at radius 1 is 1.14 bits per heavy atom. The third-order valence-electron chi connectivity index (χ3n) is 5.54. The first-order valence-electron chi connectivity index (χ1n) is 10.1. The fourth-order valence-electron chi connectivity index (χ4n) is 4.28. The number of aromatic nitrogens is 1. The number of nitrogens with zero attached hydrogens (tertiary/aromatic N) is 2. The molecule has 0 spiro atoms. The number of allylic oxidation sites excluding steroid dienone is 2. The third kappa shape index (κ3) is 4.57. The maximum Gasteiger partial charge on any atom is 0.168 e. The molecule has 0 amide bonds. The topological polar surface area (TPSA) is 92.8 Å². The number of carbonyl (C=O) groups is 2. The van der Waals surface area contributed by atoms with Crippen molar-refractivity contribution in [3.8, 4) is 0 Å². The summed E-state index contributed by atoms with van der Waals surface area (Å²) in [6.07, 6.45) is 4.33. The molecule has 0 saturated heterocycles. The molecule has 1 fully saturated rings. The van der Waals surface area contributed by atoms with Gasteiger partial charge in [-0.3, -0.25) is 14.6 Å². The molecule has 3 rings (SSSR count). The Labute approximate surface area is 171 Å². The Kier molecular flexibility index (Phi) is 5.65. The Bertz CT molecular complexity index is 915. The first-order chi connectivity index (χ1) is 13.5. The van der Waals surface area contributed by atoms with Crippen molar-refractivity contribution in [3.05, 3.63) is 41.0 Å². The Morgan fingerprint density at radius 3 is 2.48 bits per heavy atom. The van der Waals surface area contributed by atoms with Crippen LogP contribution in [0.5, 0.6) is 0 Å². The van der Waals surface area contributed by atoms with Crippen molar-refractivity contribution in [2.24, 2.45) is 15.8 Å². The van der Waals surface area contributed by atoms with Gasteiger partial charge < -0.3 is 9.63 Å². The van der Waals surface area contributed by atoms with Crippen LogP contribution in [0.15, 0.2) is 33.5 Å². The molecular formula is C23H30N2O4. The van der Waals surface area contributed by atoms with Gasteiger partial charge in [-0.15, -0.1) is 6.58 Å². The molecule has 2 aliphatic carbocycles. The van der Waals surface area contributed by atoms with Gasteiger partial charge in [0.1, 0.15) is 11.5 Å². The van der Waals surface area contributed by atoms with E-state index in [0.717, 1.165) is 0 Å². The van der Waals surface area contributed by atoms with Crippen molar-refractivity contribution >= 4 is 17.3 Å². The van der Waals surface area contributed by atoms with E-state index in [1.165, 1.54) is 0 Å². The summed E-state index contributed by atoms with van der Waals surface area (Å²) in [7, 11) is 0. The SMILES string of the molecule is C=CCN=C1CC(C)(C)CC(=O)/C1=C(\O)CCc1noc2c1C(=O)CC(C)(C)C2. The number of aliphatic hydroxyl groups is 1. The molecule has 29 heavy (non-hydrogen) atoms. The molecule has 0 radical (unpaired) electrons. The van der Waals surface area contributed by atoms with Gasteiger partial charge in [-0.1, -0.05) is 38.9 Å². The van der Waals surface area contributed by atoms with Crippen LogP contribution >= 0.6 is 0 Å². The molecule has 6 nitrogen and oxygen atoms in total. The molecule has 1 N–H and O–H groups in total. The lowest BCUT2D eigenvalue weighted by molar-refractivity contribution is -0.117. The van der Waals surface area contributed by atoms with Gasteiger partial charge in [0.05, 0.1) is 23.4 Å². The number of ketones is 2. The van der Waals surface area contributed by atoms with E-state index in [1.807, 2.05) is 27.7 Å². The number of carbonyl (C=O) groups excluding carboxylic acids is 2. The number of fused-ring (bicyclic) bond motifs is 1. The zero-order chi connectivity index (χ0) is 21.4. The van der Waals surface area contributed by atoms with Crippen molar-refractivity contribution in [2.75, 3.05) is 6.54 Å². The molecule has 6 heteroatoms. The lowest BCUT2D eigenvalue weighted by Crippen LogP contribution is -2.33. The molecular weight excluding hydrogens is 368 g/mol. The van der Waals surface area contributed by atoms with Gasteiger partial charge in [-0.05, 0) is 17.3 Å². The maximum absolute atomic E-state index is 12.7. The normalized spacial score (nSPS) is 23.8. The number of aliphatic hydroxyl groups excluding tert-OH is 1. The molecule has 0 aliphatic heterocycles. The molecule has 1 heterocycles. The fraction of sp³-hybridized carbons (Fsp3) is 0.565. The van der Waals surface area contributed by atoms with Crippen LogP contribution in [-0.2, 0) is 17.6 Å². The molecule has 1 aromatic heterocycles. The number of aryl methyl sites for hydroxylation is 1. The van der Waals surface area contributed by atoms with Crippen LogP contribution in [0.4, 0.5) is 0 Å². The van der Waals surface area contributed by atoms with E-state index in [1.54, 1.807) is 6.08 Å². The van der Waals surface area contributed by atoms with Crippen LogP contribution in [-0.4, -0.2) is 34.1 Å². The van der Waals surface area contributed by atoms with Gasteiger partial charge in [0.2, 0.25) is 0 Å². The van der Waals surface area contributed by atoms with Crippen LogP contribution in [0, 0.1) is 10.8 Å². The molecule has 0 unspecified atom stereocenters. The second-order valence-electron chi connectivity index (χ2n) is 9.71. The Morgan fingerprint density at radius 2 is 1.79 bits per heavy atom. The molecule has 156 valence electrons. The van der Waals surface area contributed by atoms with Crippen LogP contribution in [0.3, 0.4) is 0 Å². The van der Waals surface area contributed by atoms with Gasteiger partial charge in [-0.25, -0.2) is 0 Å². The van der Waals surface area contributed by atoms with E-state index in [2.05, 4.69) is 16.7 Å². The first-order valence-corrected chi connectivity index (χ1v) is 10.1. The van der Waals surface area contributed by atoms with Crippen molar-refractivity contribution in [1.82, 2.24) is 5.16 Å². The summed E-state index contributed by atoms with van der Waals surface area (Å²) >= 11 is 0. The summed E-state index contributed by atoms with van der Waals surface area (Å²) < 4.78 is 5.42. The summed E-state index contributed by atoms with van der Waals surface area (Å²) in [5.74, 6) is 0.565. The Hall–Kier alpha value is -2.50. The minimum absolute atomic E-state index is 0.00801. The second-order valence-corrected chi connectivity index (χ2v) is 9.71. The van der Waals surface area contributed by atoms with E-state index < -0.39 is 0 Å². The number of Topliss-reactive ketones (excluding diaryl/α,β-unsaturated/α-hetero) is 2. The zero-order valence-corrected chi connectivity index (χ0v) is 17.8. The highest BCUT2D eigenvalue weighted by Gasteiger charge is 2.38. The fourth-order valence-corrected chi connectivity index (χ4v) is 4.28. The van der Waals surface area contributed by atoms with Crippen LogP contribution < -0.4 is 0 Å². The van der Waals surface area contributed by atoms with E-state index in [4.69, 9.17) is 4.52 Å². The van der Waals surface area contributed by atoms with Crippen LogP contribution in [0.2, 0.25) is 0 Å². The summed E-state index contributed by atoms with van der Waals surface area (Å²) in [5, 5.41) is 14.8. The summed E-state index contributed by atoms with van der Waals surface area (Å²) in [6.45, 7) is 12.2. The van der Waals surface area contributed by atoms with Crippen LogP contribution in [0.25, 0.3) is 0 Å². The van der Waals surface area contributed by atoms with Crippen molar-refractivity contribution < 1.29 is 19.2 Å². The standard InChI is InChI=1S/C23H30N2O4/c1-6-9-24-15-10-22(2,3)11-17(27)20(15)16(26)8-7-14-21-18(28)12-23(4,5)13-19(21)29-25-14/h6,26H,1,7-13H2,2-5H3/b20-16-,24-15?. The average molecular weight is 399 g/mol. The predicted octanol–water partition coefficient (Wildman–Crippen LogP) is 4.59. The third-order valence-corrected chi connectivity index (χ3v) is 5.54. The predicted molar refractivity (Wildman–Crippen MR) is 111 cm³/mol. The number of aliphatic imine (C=N–C) groups is 1. The lowest BCUT2D eigenvalue weighted by Gasteiger charge is -2.31. The number of rotatable bonds is 5. The highest BCUT2D eigenvalue weighted by molar-refractivity contribution is 6.24. The first kappa shape index (κ1) is 21.2. The second kappa shape index (κ2) is 7.73. The van der Waals surface area contributed by atoms with E-state index in [-0.39, 0.29) is 34.6 Å². The zero-order valence-electron chi connectivity index (χ0n) is 17.8. The van der Waals surface area contributed by atoms with Gasteiger partial charge in [-0.2, -0.15) is 0 Å². The van der Waals surface area contributed by atoms with Crippen molar-refractivity contribution in [2.45, 2.75) is 66.2 Å². The van der Waals surface area contributed by atoms with Gasteiger partial charge in [0, 0.05) is 37.8 Å². The summed E-state index contributed by atoms with van der Waals surface area (Å²) in [6, 6.07) is 0. The quantitative estimate of drug-likeness (QED) is 0.445. The highest BCUT2D eigenvalue weighted by atomic mass is 16.5. The molecule has 0 bridgehead atoms. The van der Waals surface area contributed by atoms with E-state index in [0.29, 0.717) is 67.0 Å². The highest BCUT2D eigenvalue weighted by Crippen LogP contribution is 2.38. The number of hydrogen-bond donors (Lipinski definition) is 1. The molecule has 0 atom stereocenters. The molecule has 0 aromatic carbocycles. The minimum Gasteiger partial charge on any atom is -0.511 e. The van der Waals surface area contributed by atoms with Gasteiger partial charge in [0.15, 0.2) is 11.6 Å². The largest absolute Gasteiger partial charge is 0.511 e. The van der Waals surface area contributed by atoms with E-state index in [9.17, 15) is 14.7 Å². The average Bonchev–Trinajstić information content (AvgIpc) is 2.98. The molecule has 1 saturated carbocycles. The molecule has 1 aromatic rings. The Balaban J connectivity index is 1.84. The van der Waals surface area contributed by atoms with Crippen molar-refractivity contribution in [1.29, 1.82) is 0 Å². The minimum atomic E-state index is -0.189. The van der Waals surface area contributed by atoms with E-state index >= 15 is 0 Å². The lowest BCUT2D eigenvalue weighted by atomic mass is 9.73. The van der Waals surface area contributed by atoms with Gasteiger partial charge >= 0.3 is 0 Å². The van der Waals surface area contributed by atoms with Crippen LogP contribution in [0.1, 0.15) is 75.2 Å². The van der Waals surface area contributed by atoms with Gasteiger partial charge in [0.25, 0.3) is 0 Å². The smallest absolute Gasteiger partial charge is 0.168 e. The number of hydrogen-bond acceptors (Lipinski definition) is 6. The maximum atomic E-state index is 12.7. The summed E-state index contributed by atoms with van der Waals surface area (Å²) in [5.41, 5.74) is 1.73. The monoisotopic (exact) mass is 398 g/mol.